The lowest BCUT2D eigenvalue weighted by atomic mass is 10.0. The van der Waals surface area contributed by atoms with E-state index in [0.29, 0.717) is 12.5 Å². The Morgan fingerprint density at radius 2 is 2.17 bits per heavy atom. The average Bonchev–Trinajstić information content (AvgIpc) is 3.03. The van der Waals surface area contributed by atoms with Gasteiger partial charge in [0.25, 0.3) is 0 Å². The zero-order valence-electron chi connectivity index (χ0n) is 14.0. The minimum absolute atomic E-state index is 0.163. The molecule has 0 aliphatic carbocycles. The normalized spacial score (nSPS) is 16.3. The molecule has 1 fully saturated rings. The molecule has 0 unspecified atom stereocenters. The number of likely N-dealkylation sites (tertiary alicyclic amines) is 1. The highest BCUT2D eigenvalue weighted by molar-refractivity contribution is 9.10. The van der Waals surface area contributed by atoms with Crippen LogP contribution in [0.2, 0.25) is 0 Å². The number of carbonyl (C=O) groups is 1. The van der Waals surface area contributed by atoms with Gasteiger partial charge >= 0.3 is 0 Å². The highest BCUT2D eigenvalue weighted by Gasteiger charge is 2.24. The summed E-state index contributed by atoms with van der Waals surface area (Å²) < 4.78 is 1.04. The van der Waals surface area contributed by atoms with Gasteiger partial charge in [-0.15, -0.1) is 11.3 Å². The Morgan fingerprint density at radius 1 is 1.42 bits per heavy atom. The number of nitrogens with zero attached hydrogens (tertiary/aromatic N) is 3. The minimum Gasteiger partial charge on any atom is -0.342 e. The lowest BCUT2D eigenvalue weighted by Crippen LogP contribution is -2.45. The number of likely N-dealkylation sites (N-methyl/N-ethyl adjacent to an activating group) is 1. The summed E-state index contributed by atoms with van der Waals surface area (Å²) in [5.74, 6) is 0.163. The van der Waals surface area contributed by atoms with Crippen LogP contribution in [0.1, 0.15) is 18.5 Å². The van der Waals surface area contributed by atoms with Crippen molar-refractivity contribution in [3.05, 3.63) is 39.8 Å². The summed E-state index contributed by atoms with van der Waals surface area (Å²) >= 11 is 5.08. The quantitative estimate of drug-likeness (QED) is 0.775. The van der Waals surface area contributed by atoms with Crippen molar-refractivity contribution >= 4 is 33.2 Å². The number of amides is 1. The molecule has 0 saturated carbocycles. The molecule has 0 N–H and O–H groups in total. The van der Waals surface area contributed by atoms with Gasteiger partial charge in [-0.25, -0.2) is 4.98 Å². The van der Waals surface area contributed by atoms with E-state index in [1.807, 2.05) is 35.5 Å². The fourth-order valence-corrected chi connectivity index (χ4v) is 4.22. The Labute approximate surface area is 155 Å². The third kappa shape index (κ3) is 4.23. The van der Waals surface area contributed by atoms with Gasteiger partial charge in [0.2, 0.25) is 5.91 Å². The fraction of sp³-hybridized carbons (Fsp3) is 0.444. The Bertz CT molecular complexity index is 710. The number of thiazole rings is 1. The van der Waals surface area contributed by atoms with Gasteiger partial charge < -0.3 is 9.80 Å². The second-order valence-electron chi connectivity index (χ2n) is 6.37. The molecule has 0 radical (unpaired) electrons. The maximum absolute atomic E-state index is 12.6. The van der Waals surface area contributed by atoms with Crippen molar-refractivity contribution in [2.75, 3.05) is 27.2 Å². The highest BCUT2D eigenvalue weighted by atomic mass is 79.9. The van der Waals surface area contributed by atoms with Crippen LogP contribution in [0.4, 0.5) is 0 Å². The number of carbonyl (C=O) groups excluding carboxylic acids is 1. The Hall–Kier alpha value is -1.24. The molecule has 128 valence electrons. The monoisotopic (exact) mass is 407 g/mol. The first kappa shape index (κ1) is 17.6. The summed E-state index contributed by atoms with van der Waals surface area (Å²) in [4.78, 5) is 21.4. The summed E-state index contributed by atoms with van der Waals surface area (Å²) in [6, 6.07) is 8.45. The Morgan fingerprint density at radius 3 is 2.88 bits per heavy atom. The van der Waals surface area contributed by atoms with Crippen LogP contribution in [0.25, 0.3) is 10.6 Å². The molecule has 2 aromatic rings. The predicted octanol–water partition coefficient (Wildman–Crippen LogP) is 3.67. The number of rotatable bonds is 4. The van der Waals surface area contributed by atoms with Crippen LogP contribution in [0.15, 0.2) is 34.1 Å². The zero-order valence-corrected chi connectivity index (χ0v) is 16.4. The number of halogens is 1. The van der Waals surface area contributed by atoms with E-state index in [1.165, 1.54) is 0 Å². The third-order valence-electron chi connectivity index (χ3n) is 4.58. The van der Waals surface area contributed by atoms with Crippen molar-refractivity contribution in [3.63, 3.8) is 0 Å². The molecule has 1 saturated heterocycles. The number of hydrogen-bond acceptors (Lipinski definition) is 4. The molecule has 1 aromatic heterocycles. The van der Waals surface area contributed by atoms with E-state index in [2.05, 4.69) is 38.9 Å². The molecule has 4 nitrogen and oxygen atoms in total. The van der Waals surface area contributed by atoms with Crippen molar-refractivity contribution in [2.45, 2.75) is 25.3 Å². The topological polar surface area (TPSA) is 36.4 Å². The summed E-state index contributed by atoms with van der Waals surface area (Å²) in [5, 5.41) is 2.96. The summed E-state index contributed by atoms with van der Waals surface area (Å²) in [7, 11) is 4.07. The van der Waals surface area contributed by atoms with Crippen LogP contribution in [0.3, 0.4) is 0 Å². The third-order valence-corrected chi connectivity index (χ3v) is 6.02. The van der Waals surface area contributed by atoms with Crippen LogP contribution in [-0.2, 0) is 11.2 Å². The first-order valence-corrected chi connectivity index (χ1v) is 9.85. The molecule has 3 rings (SSSR count). The van der Waals surface area contributed by atoms with Gasteiger partial charge in [-0.05, 0) is 45.1 Å². The van der Waals surface area contributed by atoms with Crippen molar-refractivity contribution in [3.8, 4) is 10.6 Å². The Balaban J connectivity index is 1.63. The molecule has 1 aromatic carbocycles. The van der Waals surface area contributed by atoms with Gasteiger partial charge in [-0.3, -0.25) is 4.79 Å². The van der Waals surface area contributed by atoms with Crippen LogP contribution in [0, 0.1) is 0 Å². The molecule has 1 aliphatic heterocycles. The van der Waals surface area contributed by atoms with Gasteiger partial charge in [0, 0.05) is 28.5 Å². The minimum atomic E-state index is 0.163. The van der Waals surface area contributed by atoms with Crippen molar-refractivity contribution < 1.29 is 4.79 Å². The predicted molar refractivity (Wildman–Crippen MR) is 102 cm³/mol. The van der Waals surface area contributed by atoms with Gasteiger partial charge in [-0.2, -0.15) is 0 Å². The fourth-order valence-electron chi connectivity index (χ4n) is 3.01. The average molecular weight is 408 g/mol. The maximum atomic E-state index is 12.6. The van der Waals surface area contributed by atoms with Crippen LogP contribution >= 0.6 is 27.3 Å². The molecule has 6 heteroatoms. The van der Waals surface area contributed by atoms with Crippen molar-refractivity contribution in [1.29, 1.82) is 0 Å². The van der Waals surface area contributed by atoms with Gasteiger partial charge in [0.1, 0.15) is 5.01 Å². The largest absolute Gasteiger partial charge is 0.342 e. The number of aromatic nitrogens is 1. The highest BCUT2D eigenvalue weighted by Crippen LogP contribution is 2.26. The second kappa shape index (κ2) is 7.76. The van der Waals surface area contributed by atoms with E-state index in [9.17, 15) is 4.79 Å². The second-order valence-corrected chi connectivity index (χ2v) is 8.14. The molecular formula is C18H22BrN3OS. The number of hydrogen-bond donors (Lipinski definition) is 0. The Kier molecular flexibility index (Phi) is 5.69. The molecule has 24 heavy (non-hydrogen) atoms. The van der Waals surface area contributed by atoms with Gasteiger partial charge in [0.05, 0.1) is 12.1 Å². The number of piperidine rings is 1. The lowest BCUT2D eigenvalue weighted by molar-refractivity contribution is -0.132. The zero-order chi connectivity index (χ0) is 17.1. The van der Waals surface area contributed by atoms with E-state index in [4.69, 9.17) is 0 Å². The first-order valence-electron chi connectivity index (χ1n) is 8.17. The van der Waals surface area contributed by atoms with Crippen LogP contribution in [-0.4, -0.2) is 53.9 Å². The van der Waals surface area contributed by atoms with E-state index < -0.39 is 0 Å². The van der Waals surface area contributed by atoms with Gasteiger partial charge in [-0.1, -0.05) is 28.1 Å². The summed E-state index contributed by atoms with van der Waals surface area (Å²) in [5.41, 5.74) is 1.94. The lowest BCUT2D eigenvalue weighted by Gasteiger charge is -2.35. The van der Waals surface area contributed by atoms with Crippen molar-refractivity contribution in [1.82, 2.24) is 14.8 Å². The van der Waals surface area contributed by atoms with Crippen LogP contribution < -0.4 is 0 Å². The maximum Gasteiger partial charge on any atom is 0.228 e. The summed E-state index contributed by atoms with van der Waals surface area (Å²) in [6.45, 7) is 2.12. The van der Waals surface area contributed by atoms with E-state index in [0.717, 1.165) is 46.7 Å². The van der Waals surface area contributed by atoms with Crippen molar-refractivity contribution in [2.24, 2.45) is 0 Å². The molecule has 0 atom stereocenters. The smallest absolute Gasteiger partial charge is 0.228 e. The van der Waals surface area contributed by atoms with E-state index in [-0.39, 0.29) is 5.91 Å². The molecule has 2 heterocycles. The molecule has 1 aliphatic rings. The molecule has 1 amide bonds. The molecular weight excluding hydrogens is 386 g/mol. The standard InChI is InChI=1S/C18H22BrN3OS/c1-21-8-6-16(7-9-21)22(2)17(23)11-15-12-24-18(20-15)13-4-3-5-14(19)10-13/h3-5,10,12,16H,6-9,11H2,1-2H3. The SMILES string of the molecule is CN1CCC(N(C)C(=O)Cc2csc(-c3cccc(Br)c3)n2)CC1. The summed E-state index contributed by atoms with van der Waals surface area (Å²) in [6.07, 6.45) is 2.49. The first-order chi connectivity index (χ1) is 11.5. The number of benzene rings is 1. The van der Waals surface area contributed by atoms with Crippen LogP contribution in [0.5, 0.6) is 0 Å². The van der Waals surface area contributed by atoms with E-state index in [1.54, 1.807) is 11.3 Å². The molecule has 0 spiro atoms. The molecule has 0 bridgehead atoms. The van der Waals surface area contributed by atoms with E-state index >= 15 is 0 Å². The van der Waals surface area contributed by atoms with Gasteiger partial charge in [0.15, 0.2) is 0 Å².